The van der Waals surface area contributed by atoms with Crippen LogP contribution in [0.25, 0.3) is 0 Å². The van der Waals surface area contributed by atoms with Crippen LogP contribution in [0.3, 0.4) is 0 Å². The average molecular weight is 431 g/mol. The number of rotatable bonds is 5. The molecule has 2 aliphatic rings. The summed E-state index contributed by atoms with van der Waals surface area (Å²) in [6.07, 6.45) is -0.872. The van der Waals surface area contributed by atoms with Gasteiger partial charge in [-0.05, 0) is 41.0 Å². The predicted octanol–water partition coefficient (Wildman–Crippen LogP) is 4.44. The molecule has 6 nitrogen and oxygen atoms in total. The average Bonchev–Trinajstić information content (AvgIpc) is 3.26. The zero-order valence-electron chi connectivity index (χ0n) is 18.0. The number of esters is 1. The zero-order valence-corrected chi connectivity index (χ0v) is 18.0. The summed E-state index contributed by atoms with van der Waals surface area (Å²) in [5.41, 5.74) is 2.95. The summed E-state index contributed by atoms with van der Waals surface area (Å²) in [7, 11) is 3.27. The number of morpholine rings is 1. The largest absolute Gasteiger partial charge is 0.497 e. The molecule has 0 saturated carbocycles. The maximum absolute atomic E-state index is 13.0. The lowest BCUT2D eigenvalue weighted by Gasteiger charge is -2.39. The molecule has 2 heterocycles. The molecule has 0 spiro atoms. The normalized spacial score (nSPS) is 25.1. The van der Waals surface area contributed by atoms with Gasteiger partial charge in [0, 0.05) is 0 Å². The minimum absolute atomic E-state index is 0.116. The monoisotopic (exact) mass is 431 g/mol. The molecule has 0 unspecified atom stereocenters. The van der Waals surface area contributed by atoms with E-state index in [1.54, 1.807) is 14.2 Å². The molecule has 0 aromatic heterocycles. The molecule has 3 aromatic carbocycles. The van der Waals surface area contributed by atoms with Gasteiger partial charge in [0.15, 0.2) is 0 Å². The fourth-order valence-corrected chi connectivity index (χ4v) is 4.54. The van der Waals surface area contributed by atoms with E-state index in [1.165, 1.54) is 0 Å². The van der Waals surface area contributed by atoms with Crippen LogP contribution in [0, 0.1) is 0 Å². The summed E-state index contributed by atoms with van der Waals surface area (Å²) in [6, 6.07) is 24.9. The van der Waals surface area contributed by atoms with Crippen LogP contribution >= 0.6 is 0 Å². The van der Waals surface area contributed by atoms with Crippen molar-refractivity contribution in [2.45, 2.75) is 24.4 Å². The summed E-state index contributed by atoms with van der Waals surface area (Å²) in [6.45, 7) is 0.282. The zero-order chi connectivity index (χ0) is 22.1. The van der Waals surface area contributed by atoms with Crippen LogP contribution in [0.1, 0.15) is 35.1 Å². The quantitative estimate of drug-likeness (QED) is 0.557. The molecular formula is C26H25NO5. The van der Waals surface area contributed by atoms with Crippen LogP contribution < -0.4 is 9.47 Å². The number of hydrogen-bond donors (Lipinski definition) is 0. The van der Waals surface area contributed by atoms with Crippen molar-refractivity contribution in [3.8, 4) is 11.5 Å². The molecule has 2 aliphatic heterocycles. The van der Waals surface area contributed by atoms with E-state index in [9.17, 15) is 4.79 Å². The number of nitrogens with zero attached hydrogens (tertiary/aromatic N) is 1. The molecule has 5 rings (SSSR count). The number of hydrogen-bond acceptors (Lipinski definition) is 6. The van der Waals surface area contributed by atoms with Crippen molar-refractivity contribution >= 4 is 5.97 Å². The molecule has 0 N–H and O–H groups in total. The second-order valence-corrected chi connectivity index (χ2v) is 7.90. The van der Waals surface area contributed by atoms with E-state index in [4.69, 9.17) is 18.9 Å². The van der Waals surface area contributed by atoms with Crippen LogP contribution in [0.5, 0.6) is 11.5 Å². The lowest BCUT2D eigenvalue weighted by molar-refractivity contribution is -0.163. The highest BCUT2D eigenvalue weighted by atomic mass is 16.6. The van der Waals surface area contributed by atoms with Gasteiger partial charge in [0.1, 0.15) is 36.5 Å². The van der Waals surface area contributed by atoms with Crippen molar-refractivity contribution in [3.63, 3.8) is 0 Å². The predicted molar refractivity (Wildman–Crippen MR) is 118 cm³/mol. The first-order valence-electron chi connectivity index (χ1n) is 10.6. The number of cyclic esters (lactones) is 1. The van der Waals surface area contributed by atoms with Crippen LogP contribution in [0.15, 0.2) is 78.9 Å². The standard InChI is InChI=1S/C26H25NO5/c1-29-20-12-8-18(9-13-20)24-23-26(28)31-16-22(17-6-4-3-5-7-17)27(23)25(32-24)19-10-14-21(30-2)15-11-19/h3-15,22-25H,16H2,1-2H3/t22-,23+,24-,25+/m1/s1. The SMILES string of the molecule is COc1ccc([C@H]2O[C@@H](c3ccc(OC)cc3)N3[C@@H](c4ccccc4)COC(=O)[C@H]23)cc1. The Labute approximate surface area is 187 Å². The van der Waals surface area contributed by atoms with E-state index in [2.05, 4.69) is 17.0 Å². The van der Waals surface area contributed by atoms with Crippen molar-refractivity contribution in [2.75, 3.05) is 20.8 Å². The lowest BCUT2D eigenvalue weighted by atomic mass is 9.96. The van der Waals surface area contributed by atoms with E-state index < -0.39 is 18.4 Å². The van der Waals surface area contributed by atoms with Crippen molar-refractivity contribution in [1.29, 1.82) is 0 Å². The molecule has 164 valence electrons. The molecule has 3 aromatic rings. The van der Waals surface area contributed by atoms with E-state index in [0.717, 1.165) is 28.2 Å². The number of carbonyl (C=O) groups is 1. The highest BCUT2D eigenvalue weighted by molar-refractivity contribution is 5.78. The van der Waals surface area contributed by atoms with Gasteiger partial charge < -0.3 is 18.9 Å². The minimum atomic E-state index is -0.561. The van der Waals surface area contributed by atoms with Gasteiger partial charge in [0.2, 0.25) is 0 Å². The van der Waals surface area contributed by atoms with E-state index in [0.29, 0.717) is 0 Å². The third-order valence-corrected chi connectivity index (χ3v) is 6.17. The molecule has 0 bridgehead atoms. The smallest absolute Gasteiger partial charge is 0.326 e. The summed E-state index contributed by atoms with van der Waals surface area (Å²) >= 11 is 0. The van der Waals surface area contributed by atoms with E-state index >= 15 is 0 Å². The molecule has 4 atom stereocenters. The summed E-state index contributed by atoms with van der Waals surface area (Å²) in [4.78, 5) is 15.2. The number of carbonyl (C=O) groups excluding carboxylic acids is 1. The molecule has 6 heteroatoms. The molecule has 2 saturated heterocycles. The van der Waals surface area contributed by atoms with Crippen LogP contribution in [-0.2, 0) is 14.3 Å². The van der Waals surface area contributed by atoms with Gasteiger partial charge in [0.05, 0.1) is 20.3 Å². The van der Waals surface area contributed by atoms with Crippen LogP contribution in [-0.4, -0.2) is 37.7 Å². The topological polar surface area (TPSA) is 57.2 Å². The molecule has 0 aliphatic carbocycles. The van der Waals surface area contributed by atoms with E-state index in [-0.39, 0.29) is 18.6 Å². The van der Waals surface area contributed by atoms with E-state index in [1.807, 2.05) is 66.7 Å². The summed E-state index contributed by atoms with van der Waals surface area (Å²) in [5.74, 6) is 1.25. The first kappa shape index (κ1) is 20.5. The lowest BCUT2D eigenvalue weighted by Crippen LogP contribution is -2.49. The maximum atomic E-state index is 13.0. The van der Waals surface area contributed by atoms with Crippen LogP contribution in [0.2, 0.25) is 0 Å². The van der Waals surface area contributed by atoms with Crippen molar-refractivity contribution < 1.29 is 23.7 Å². The Morgan fingerprint density at radius 2 is 1.38 bits per heavy atom. The highest BCUT2D eigenvalue weighted by Crippen LogP contribution is 2.49. The molecule has 0 amide bonds. The van der Waals surface area contributed by atoms with Crippen LogP contribution in [0.4, 0.5) is 0 Å². The Morgan fingerprint density at radius 3 is 1.97 bits per heavy atom. The van der Waals surface area contributed by atoms with Gasteiger partial charge in [-0.3, -0.25) is 4.79 Å². The Balaban J connectivity index is 1.58. The molecule has 32 heavy (non-hydrogen) atoms. The summed E-state index contributed by atoms with van der Waals surface area (Å²) < 4.78 is 22.9. The van der Waals surface area contributed by atoms with Crippen molar-refractivity contribution in [1.82, 2.24) is 4.90 Å². The fraction of sp³-hybridized carbons (Fsp3) is 0.269. The third kappa shape index (κ3) is 3.61. The minimum Gasteiger partial charge on any atom is -0.497 e. The second-order valence-electron chi connectivity index (χ2n) is 7.90. The third-order valence-electron chi connectivity index (χ3n) is 6.17. The van der Waals surface area contributed by atoms with Gasteiger partial charge >= 0.3 is 5.97 Å². The number of ether oxygens (including phenoxy) is 4. The highest BCUT2D eigenvalue weighted by Gasteiger charge is 2.54. The van der Waals surface area contributed by atoms with Gasteiger partial charge in [0.25, 0.3) is 0 Å². The number of methoxy groups -OCH3 is 2. The van der Waals surface area contributed by atoms with Gasteiger partial charge in [-0.1, -0.05) is 54.6 Å². The Morgan fingerprint density at radius 1 is 0.781 bits per heavy atom. The van der Waals surface area contributed by atoms with Gasteiger partial charge in [-0.25, -0.2) is 4.90 Å². The maximum Gasteiger partial charge on any atom is 0.326 e. The van der Waals surface area contributed by atoms with Gasteiger partial charge in [-0.15, -0.1) is 0 Å². The first-order chi connectivity index (χ1) is 15.7. The summed E-state index contributed by atoms with van der Waals surface area (Å²) in [5, 5.41) is 0. The Kier molecular flexibility index (Phi) is 5.55. The van der Waals surface area contributed by atoms with Gasteiger partial charge in [-0.2, -0.15) is 0 Å². The molecular weight excluding hydrogens is 406 g/mol. The second kappa shape index (κ2) is 8.65. The molecule has 0 radical (unpaired) electrons. The van der Waals surface area contributed by atoms with Crippen molar-refractivity contribution in [3.05, 3.63) is 95.6 Å². The number of fused-ring (bicyclic) bond motifs is 1. The Bertz CT molecular complexity index is 1070. The van der Waals surface area contributed by atoms with Crippen molar-refractivity contribution in [2.24, 2.45) is 0 Å². The first-order valence-corrected chi connectivity index (χ1v) is 10.6. The molecule has 2 fully saturated rings. The fourth-order valence-electron chi connectivity index (χ4n) is 4.54. The Hall–Kier alpha value is -3.35. The number of benzene rings is 3.